The highest BCUT2D eigenvalue weighted by atomic mass is 16.1. The Bertz CT molecular complexity index is 206. The first-order valence-electron chi connectivity index (χ1n) is 4.76. The van der Waals surface area contributed by atoms with Gasteiger partial charge in [-0.25, -0.2) is 0 Å². The largest absolute Gasteiger partial charge is 0.294 e. The van der Waals surface area contributed by atoms with Crippen LogP contribution in [0.2, 0.25) is 0 Å². The first-order chi connectivity index (χ1) is 6.02. The summed E-state index contributed by atoms with van der Waals surface area (Å²) in [5, 5.41) is 0. The van der Waals surface area contributed by atoms with Crippen molar-refractivity contribution >= 4 is 11.6 Å². The molecule has 0 rings (SSSR count). The minimum absolute atomic E-state index is 0.126. The third kappa shape index (κ3) is 4.02. The quantitative estimate of drug-likeness (QED) is 0.372. The van der Waals surface area contributed by atoms with Crippen LogP contribution in [0.3, 0.4) is 0 Å². The van der Waals surface area contributed by atoms with Crippen molar-refractivity contribution in [3.8, 4) is 0 Å². The Morgan fingerprint density at radius 2 is 1.46 bits per heavy atom. The molecule has 0 aliphatic carbocycles. The summed E-state index contributed by atoms with van der Waals surface area (Å²) in [5.74, 6) is 0.0987. The Balaban J connectivity index is 4.70. The molecule has 0 amide bonds. The molecule has 0 atom stereocenters. The fraction of sp³-hybridized carbons (Fsp3) is 0.636. The second kappa shape index (κ2) is 5.68. The maximum absolute atomic E-state index is 11.1. The summed E-state index contributed by atoms with van der Waals surface area (Å²) in [4.78, 5) is 22.1. The molecule has 0 aromatic rings. The van der Waals surface area contributed by atoms with Gasteiger partial charge in [0.25, 0.3) is 0 Å². The van der Waals surface area contributed by atoms with Crippen molar-refractivity contribution in [3.05, 3.63) is 11.6 Å². The Labute approximate surface area is 80.0 Å². The molecule has 0 heterocycles. The van der Waals surface area contributed by atoms with Crippen LogP contribution < -0.4 is 0 Å². The van der Waals surface area contributed by atoms with E-state index in [2.05, 4.69) is 13.8 Å². The molecule has 0 aromatic heterocycles. The first-order valence-corrected chi connectivity index (χ1v) is 4.76. The summed E-state index contributed by atoms with van der Waals surface area (Å²) in [6.45, 7) is 7.00. The Morgan fingerprint density at radius 3 is 1.69 bits per heavy atom. The van der Waals surface area contributed by atoms with Gasteiger partial charge >= 0.3 is 0 Å². The van der Waals surface area contributed by atoms with Gasteiger partial charge in [0, 0.05) is 0 Å². The number of carbonyl (C=O) groups is 2. The third-order valence-electron chi connectivity index (χ3n) is 2.21. The third-order valence-corrected chi connectivity index (χ3v) is 2.21. The van der Waals surface area contributed by atoms with E-state index in [1.54, 1.807) is 0 Å². The zero-order valence-corrected chi connectivity index (χ0v) is 8.89. The van der Waals surface area contributed by atoms with E-state index in [0.29, 0.717) is 11.5 Å². The number of rotatable bonds is 5. The van der Waals surface area contributed by atoms with Gasteiger partial charge in [-0.1, -0.05) is 19.9 Å². The van der Waals surface area contributed by atoms with E-state index in [9.17, 15) is 9.59 Å². The average molecular weight is 182 g/mol. The molecule has 0 radical (unpaired) electrons. The molecule has 0 spiro atoms. The van der Waals surface area contributed by atoms with E-state index in [4.69, 9.17) is 0 Å². The van der Waals surface area contributed by atoms with Gasteiger partial charge < -0.3 is 0 Å². The smallest absolute Gasteiger partial charge is 0.163 e. The van der Waals surface area contributed by atoms with E-state index >= 15 is 0 Å². The molecule has 0 saturated carbocycles. The highest BCUT2D eigenvalue weighted by Crippen LogP contribution is 2.13. The molecule has 0 aliphatic rings. The van der Waals surface area contributed by atoms with Crippen molar-refractivity contribution in [1.29, 1.82) is 0 Å². The van der Waals surface area contributed by atoms with Crippen molar-refractivity contribution in [3.63, 3.8) is 0 Å². The Kier molecular flexibility index (Phi) is 5.28. The summed E-state index contributed by atoms with van der Waals surface area (Å²) in [5.41, 5.74) is 0.355. The molecule has 0 aromatic carbocycles. The molecule has 13 heavy (non-hydrogen) atoms. The summed E-state index contributed by atoms with van der Waals surface area (Å²) in [7, 11) is 0. The van der Waals surface area contributed by atoms with E-state index in [1.165, 1.54) is 13.8 Å². The fourth-order valence-electron chi connectivity index (χ4n) is 1.24. The Hall–Kier alpha value is -0.920. The van der Waals surface area contributed by atoms with Gasteiger partial charge in [0.1, 0.15) is 0 Å². The summed E-state index contributed by atoms with van der Waals surface area (Å²) in [6, 6.07) is 0. The van der Waals surface area contributed by atoms with Gasteiger partial charge in [-0.05, 0) is 32.6 Å². The molecule has 0 bridgehead atoms. The van der Waals surface area contributed by atoms with E-state index in [1.807, 2.05) is 6.08 Å². The number of carbonyl (C=O) groups excluding carboxylic acids is 2. The molecule has 0 N–H and O–H groups in total. The minimum Gasteiger partial charge on any atom is -0.294 e. The van der Waals surface area contributed by atoms with Crippen molar-refractivity contribution in [1.82, 2.24) is 0 Å². The maximum Gasteiger partial charge on any atom is 0.163 e. The number of allylic oxidation sites excluding steroid dienone is 2. The number of hydrogen-bond acceptors (Lipinski definition) is 2. The zero-order valence-electron chi connectivity index (χ0n) is 8.89. The minimum atomic E-state index is -0.126. The van der Waals surface area contributed by atoms with Gasteiger partial charge in [-0.15, -0.1) is 0 Å². The van der Waals surface area contributed by atoms with Gasteiger partial charge in [-0.3, -0.25) is 9.59 Å². The lowest BCUT2D eigenvalue weighted by molar-refractivity contribution is -0.119. The molecule has 74 valence electrons. The van der Waals surface area contributed by atoms with E-state index in [0.717, 1.165) is 12.8 Å². The van der Waals surface area contributed by atoms with Gasteiger partial charge in [0.2, 0.25) is 0 Å². The number of Topliss-reactive ketones (excluding diaryl/α,β-unsaturated/α-hetero) is 2. The zero-order chi connectivity index (χ0) is 10.4. The molecule has 0 unspecified atom stereocenters. The predicted molar refractivity (Wildman–Crippen MR) is 53.5 cm³/mol. The second-order valence-corrected chi connectivity index (χ2v) is 3.27. The van der Waals surface area contributed by atoms with Crippen molar-refractivity contribution in [2.24, 2.45) is 5.92 Å². The van der Waals surface area contributed by atoms with Crippen LogP contribution in [0.15, 0.2) is 11.6 Å². The molecular weight excluding hydrogens is 164 g/mol. The highest BCUT2D eigenvalue weighted by Gasteiger charge is 2.11. The maximum atomic E-state index is 11.1. The Morgan fingerprint density at radius 1 is 1.08 bits per heavy atom. The van der Waals surface area contributed by atoms with Crippen LogP contribution in [0.25, 0.3) is 0 Å². The second-order valence-electron chi connectivity index (χ2n) is 3.27. The summed E-state index contributed by atoms with van der Waals surface area (Å²) in [6.07, 6.45) is 3.76. The van der Waals surface area contributed by atoms with Crippen LogP contribution in [0, 0.1) is 5.92 Å². The van der Waals surface area contributed by atoms with Crippen LogP contribution in [0.1, 0.15) is 40.5 Å². The molecule has 2 nitrogen and oxygen atoms in total. The molecule has 0 fully saturated rings. The average Bonchev–Trinajstić information content (AvgIpc) is 2.05. The standard InChI is InChI=1S/C11H18O2/c1-5-10(6-2)7-11(8(3)12)9(4)13/h7,10H,5-6H2,1-4H3. The molecule has 0 aliphatic heterocycles. The lowest BCUT2D eigenvalue weighted by Gasteiger charge is -2.07. The summed E-state index contributed by atoms with van der Waals surface area (Å²) < 4.78 is 0. The molecular formula is C11H18O2. The van der Waals surface area contributed by atoms with E-state index < -0.39 is 0 Å². The van der Waals surface area contributed by atoms with Crippen LogP contribution in [0.4, 0.5) is 0 Å². The monoisotopic (exact) mass is 182 g/mol. The van der Waals surface area contributed by atoms with Gasteiger partial charge in [0.15, 0.2) is 11.6 Å². The fourth-order valence-corrected chi connectivity index (χ4v) is 1.24. The number of ketones is 2. The van der Waals surface area contributed by atoms with Gasteiger partial charge in [0.05, 0.1) is 5.57 Å². The van der Waals surface area contributed by atoms with Gasteiger partial charge in [-0.2, -0.15) is 0 Å². The molecule has 2 heteroatoms. The first kappa shape index (κ1) is 12.1. The summed E-state index contributed by atoms with van der Waals surface area (Å²) >= 11 is 0. The number of hydrogen-bond donors (Lipinski definition) is 0. The highest BCUT2D eigenvalue weighted by molar-refractivity contribution is 6.18. The molecule has 0 saturated heterocycles. The lowest BCUT2D eigenvalue weighted by atomic mass is 9.97. The van der Waals surface area contributed by atoms with E-state index in [-0.39, 0.29) is 11.6 Å². The van der Waals surface area contributed by atoms with Crippen molar-refractivity contribution < 1.29 is 9.59 Å². The van der Waals surface area contributed by atoms with Crippen LogP contribution in [0.5, 0.6) is 0 Å². The predicted octanol–water partition coefficient (Wildman–Crippen LogP) is 2.53. The van der Waals surface area contributed by atoms with Crippen LogP contribution in [-0.2, 0) is 9.59 Å². The SMILES string of the molecule is CCC(C=C(C(C)=O)C(C)=O)CC. The van der Waals surface area contributed by atoms with Crippen LogP contribution in [-0.4, -0.2) is 11.6 Å². The lowest BCUT2D eigenvalue weighted by Crippen LogP contribution is -2.08. The van der Waals surface area contributed by atoms with Crippen molar-refractivity contribution in [2.45, 2.75) is 40.5 Å². The van der Waals surface area contributed by atoms with Crippen LogP contribution >= 0.6 is 0 Å². The van der Waals surface area contributed by atoms with Crippen molar-refractivity contribution in [2.75, 3.05) is 0 Å². The topological polar surface area (TPSA) is 34.1 Å². The normalized spacial score (nSPS) is 9.92.